The fourth-order valence-electron chi connectivity index (χ4n) is 3.71. The molecule has 124 valence electrons. The van der Waals surface area contributed by atoms with Crippen molar-refractivity contribution in [1.29, 1.82) is 0 Å². The maximum Gasteiger partial charge on any atom is 0.242 e. The number of carbonyl (C=O) groups is 2. The van der Waals surface area contributed by atoms with Gasteiger partial charge in [0.05, 0.1) is 12.6 Å². The molecule has 0 radical (unpaired) electrons. The molecule has 23 heavy (non-hydrogen) atoms. The highest BCUT2D eigenvalue weighted by Crippen LogP contribution is 2.37. The predicted molar refractivity (Wildman–Crippen MR) is 85.1 cm³/mol. The lowest BCUT2D eigenvalue weighted by atomic mass is 9.95. The van der Waals surface area contributed by atoms with Crippen LogP contribution >= 0.6 is 0 Å². The minimum absolute atomic E-state index is 0.0288. The molecule has 0 aromatic heterocycles. The molecule has 0 aliphatic carbocycles. The van der Waals surface area contributed by atoms with Crippen molar-refractivity contribution in [3.05, 3.63) is 35.6 Å². The van der Waals surface area contributed by atoms with Crippen molar-refractivity contribution in [2.75, 3.05) is 19.6 Å². The molecule has 2 fully saturated rings. The van der Waals surface area contributed by atoms with E-state index in [0.717, 1.165) is 24.8 Å². The van der Waals surface area contributed by atoms with Crippen LogP contribution < -0.4 is 0 Å². The average molecular weight is 318 g/mol. The number of halogens is 1. The average Bonchev–Trinajstić information content (AvgIpc) is 2.91. The van der Waals surface area contributed by atoms with Gasteiger partial charge < -0.3 is 9.80 Å². The highest BCUT2D eigenvalue weighted by molar-refractivity contribution is 5.85. The summed E-state index contributed by atoms with van der Waals surface area (Å²) in [5.41, 5.74) is 0.841. The fourth-order valence-corrected chi connectivity index (χ4v) is 3.71. The van der Waals surface area contributed by atoms with Crippen LogP contribution in [-0.2, 0) is 9.59 Å². The summed E-state index contributed by atoms with van der Waals surface area (Å²) in [4.78, 5) is 28.1. The second kappa shape index (κ2) is 6.69. The van der Waals surface area contributed by atoms with Gasteiger partial charge in [0.2, 0.25) is 11.8 Å². The summed E-state index contributed by atoms with van der Waals surface area (Å²) in [6.07, 6.45) is 3.32. The molecule has 2 aliphatic heterocycles. The molecule has 4 nitrogen and oxygen atoms in total. The molecule has 0 unspecified atom stereocenters. The minimum Gasteiger partial charge on any atom is -0.334 e. The van der Waals surface area contributed by atoms with E-state index in [1.807, 2.05) is 11.0 Å². The molecule has 2 atom stereocenters. The van der Waals surface area contributed by atoms with Gasteiger partial charge in [0.15, 0.2) is 0 Å². The molecule has 2 heterocycles. The van der Waals surface area contributed by atoms with E-state index in [1.165, 1.54) is 12.1 Å². The summed E-state index contributed by atoms with van der Waals surface area (Å²) in [5, 5.41) is 0. The van der Waals surface area contributed by atoms with Crippen molar-refractivity contribution in [1.82, 2.24) is 9.80 Å². The Kier molecular flexibility index (Phi) is 4.64. The zero-order chi connectivity index (χ0) is 16.4. The quantitative estimate of drug-likeness (QED) is 0.860. The van der Waals surface area contributed by atoms with Crippen LogP contribution in [0.15, 0.2) is 24.3 Å². The van der Waals surface area contributed by atoms with Crippen LogP contribution in [0.1, 0.15) is 44.2 Å². The highest BCUT2D eigenvalue weighted by Gasteiger charge is 2.36. The van der Waals surface area contributed by atoms with Crippen LogP contribution in [0.2, 0.25) is 0 Å². The van der Waals surface area contributed by atoms with Gasteiger partial charge in [0.1, 0.15) is 5.82 Å². The van der Waals surface area contributed by atoms with Gasteiger partial charge in [-0.3, -0.25) is 9.59 Å². The maximum absolute atomic E-state index is 13.5. The molecule has 0 bridgehead atoms. The van der Waals surface area contributed by atoms with Gasteiger partial charge in [-0.15, -0.1) is 0 Å². The molecule has 0 saturated carbocycles. The molecule has 3 rings (SSSR count). The number of likely N-dealkylation sites (tertiary alicyclic amines) is 2. The fraction of sp³-hybridized carbons (Fsp3) is 0.556. The SMILES string of the molecule is C[C@H]1CCN(C(=O)CN2CCCCC2=O)[C@@H]1c1cccc(F)c1. The van der Waals surface area contributed by atoms with Crippen LogP contribution in [0, 0.1) is 11.7 Å². The van der Waals surface area contributed by atoms with Crippen molar-refractivity contribution in [3.8, 4) is 0 Å². The molecule has 0 N–H and O–H groups in total. The second-order valence-corrected chi connectivity index (χ2v) is 6.63. The Bertz CT molecular complexity index is 604. The Balaban J connectivity index is 1.75. The van der Waals surface area contributed by atoms with Gasteiger partial charge in [-0.25, -0.2) is 4.39 Å². The number of amides is 2. The first-order chi connectivity index (χ1) is 11.1. The van der Waals surface area contributed by atoms with E-state index < -0.39 is 0 Å². The van der Waals surface area contributed by atoms with Crippen molar-refractivity contribution < 1.29 is 14.0 Å². The third kappa shape index (κ3) is 3.38. The van der Waals surface area contributed by atoms with Gasteiger partial charge in [0, 0.05) is 19.5 Å². The smallest absolute Gasteiger partial charge is 0.242 e. The van der Waals surface area contributed by atoms with Crippen LogP contribution in [0.4, 0.5) is 4.39 Å². The normalized spacial score (nSPS) is 25.0. The lowest BCUT2D eigenvalue weighted by Crippen LogP contribution is -2.44. The minimum atomic E-state index is -0.278. The Hall–Kier alpha value is -1.91. The number of benzene rings is 1. The first-order valence-corrected chi connectivity index (χ1v) is 8.39. The van der Waals surface area contributed by atoms with Gasteiger partial charge in [-0.2, -0.15) is 0 Å². The first-order valence-electron chi connectivity index (χ1n) is 8.39. The van der Waals surface area contributed by atoms with E-state index in [2.05, 4.69) is 6.92 Å². The number of hydrogen-bond acceptors (Lipinski definition) is 2. The third-order valence-electron chi connectivity index (χ3n) is 4.96. The van der Waals surface area contributed by atoms with Crippen LogP contribution in [-0.4, -0.2) is 41.2 Å². The summed E-state index contributed by atoms with van der Waals surface area (Å²) in [6.45, 7) is 3.58. The molecule has 0 spiro atoms. The first kappa shape index (κ1) is 16.0. The summed E-state index contributed by atoms with van der Waals surface area (Å²) < 4.78 is 13.5. The van der Waals surface area contributed by atoms with E-state index >= 15 is 0 Å². The largest absolute Gasteiger partial charge is 0.334 e. The van der Waals surface area contributed by atoms with E-state index in [9.17, 15) is 14.0 Å². The molecule has 2 amide bonds. The van der Waals surface area contributed by atoms with Crippen molar-refractivity contribution >= 4 is 11.8 Å². The lowest BCUT2D eigenvalue weighted by molar-refractivity contribution is -0.142. The van der Waals surface area contributed by atoms with E-state index in [0.29, 0.717) is 19.5 Å². The summed E-state index contributed by atoms with van der Waals surface area (Å²) in [5.74, 6) is 0.0519. The molecular formula is C18H23FN2O2. The second-order valence-electron chi connectivity index (χ2n) is 6.63. The molecule has 5 heteroatoms. The van der Waals surface area contributed by atoms with Crippen molar-refractivity contribution in [2.24, 2.45) is 5.92 Å². The van der Waals surface area contributed by atoms with Crippen LogP contribution in [0.3, 0.4) is 0 Å². The van der Waals surface area contributed by atoms with E-state index in [1.54, 1.807) is 11.0 Å². The zero-order valence-electron chi connectivity index (χ0n) is 13.5. The number of piperidine rings is 1. The van der Waals surface area contributed by atoms with Crippen LogP contribution in [0.5, 0.6) is 0 Å². The number of nitrogens with zero attached hydrogens (tertiary/aromatic N) is 2. The van der Waals surface area contributed by atoms with Gasteiger partial charge >= 0.3 is 0 Å². The van der Waals surface area contributed by atoms with Crippen molar-refractivity contribution in [3.63, 3.8) is 0 Å². The van der Waals surface area contributed by atoms with E-state index in [4.69, 9.17) is 0 Å². The van der Waals surface area contributed by atoms with Gasteiger partial charge in [-0.1, -0.05) is 19.1 Å². The standard InChI is InChI=1S/C18H23FN2O2/c1-13-8-10-21(18(13)14-5-4-6-15(19)11-14)17(23)12-20-9-3-2-7-16(20)22/h4-6,11,13,18H,2-3,7-10,12H2,1H3/t13-,18-/m0/s1. The summed E-state index contributed by atoms with van der Waals surface area (Å²) >= 11 is 0. The molecule has 2 aliphatic rings. The van der Waals surface area contributed by atoms with Gasteiger partial charge in [-0.05, 0) is 42.9 Å². The number of hydrogen-bond donors (Lipinski definition) is 0. The number of rotatable bonds is 3. The molecule has 1 aromatic rings. The maximum atomic E-state index is 13.5. The van der Waals surface area contributed by atoms with Crippen molar-refractivity contribution in [2.45, 2.75) is 38.6 Å². The number of carbonyl (C=O) groups excluding carboxylic acids is 2. The van der Waals surface area contributed by atoms with Crippen LogP contribution in [0.25, 0.3) is 0 Å². The Labute approximate surface area is 136 Å². The summed E-state index contributed by atoms with van der Waals surface area (Å²) in [7, 11) is 0. The van der Waals surface area contributed by atoms with E-state index in [-0.39, 0.29) is 36.1 Å². The third-order valence-corrected chi connectivity index (χ3v) is 4.96. The Morgan fingerprint density at radius 2 is 2.13 bits per heavy atom. The molecule has 1 aromatic carbocycles. The Morgan fingerprint density at radius 3 is 2.87 bits per heavy atom. The van der Waals surface area contributed by atoms with Gasteiger partial charge in [0.25, 0.3) is 0 Å². The topological polar surface area (TPSA) is 40.6 Å². The monoisotopic (exact) mass is 318 g/mol. The lowest BCUT2D eigenvalue weighted by Gasteiger charge is -2.32. The Morgan fingerprint density at radius 1 is 1.30 bits per heavy atom. The summed E-state index contributed by atoms with van der Waals surface area (Å²) in [6, 6.07) is 6.40. The predicted octanol–water partition coefficient (Wildman–Crippen LogP) is 2.75. The molecule has 2 saturated heterocycles. The highest BCUT2D eigenvalue weighted by atomic mass is 19.1. The zero-order valence-corrected chi connectivity index (χ0v) is 13.5. The molecular weight excluding hydrogens is 295 g/mol.